The molecule has 1 heterocycles. The van der Waals surface area contributed by atoms with Gasteiger partial charge in [-0.1, -0.05) is 12.1 Å². The highest BCUT2D eigenvalue weighted by Gasteiger charge is 2.25. The molecule has 7 heteroatoms. The van der Waals surface area contributed by atoms with Gasteiger partial charge in [-0.25, -0.2) is 0 Å². The maximum Gasteiger partial charge on any atom is 0.253 e. The second-order valence-electron chi connectivity index (χ2n) is 5.61. The van der Waals surface area contributed by atoms with Crippen LogP contribution in [0.3, 0.4) is 0 Å². The number of thioether (sulfide) groups is 1. The van der Waals surface area contributed by atoms with Crippen LogP contribution in [0.25, 0.3) is 0 Å². The van der Waals surface area contributed by atoms with Crippen molar-refractivity contribution in [2.45, 2.75) is 19.0 Å². The van der Waals surface area contributed by atoms with Gasteiger partial charge in [0.2, 0.25) is 5.91 Å². The quantitative estimate of drug-likeness (QED) is 0.673. The van der Waals surface area contributed by atoms with Gasteiger partial charge in [0.05, 0.1) is 5.56 Å². The first-order valence-corrected chi connectivity index (χ1v) is 11.0. The summed E-state index contributed by atoms with van der Waals surface area (Å²) in [5.41, 5.74) is 1.63. The van der Waals surface area contributed by atoms with Crippen molar-refractivity contribution >= 4 is 50.8 Å². The average Bonchev–Trinajstić information content (AvgIpc) is 3.11. The minimum atomic E-state index is -0.532. The maximum absolute atomic E-state index is 12.8. The third-order valence-corrected chi connectivity index (χ3v) is 5.78. The molecule has 0 spiro atoms. The standard InChI is InChI=1S/C18H21BrN2O2S2/c1-21(11-13-7-10-25-12-13)18(23)16(8-9-24-2)20-17(22)14-5-3-4-6-15(14)19/h3-7,10,12,16H,8-9,11H2,1-2H3,(H,20,22)/t16-/m0/s1. The fourth-order valence-electron chi connectivity index (χ4n) is 2.37. The molecule has 0 bridgehead atoms. The number of amides is 2. The van der Waals surface area contributed by atoms with Crippen LogP contribution >= 0.6 is 39.0 Å². The maximum atomic E-state index is 12.8. The van der Waals surface area contributed by atoms with E-state index in [2.05, 4.69) is 21.2 Å². The number of thiophene rings is 1. The molecule has 0 aliphatic carbocycles. The smallest absolute Gasteiger partial charge is 0.253 e. The minimum absolute atomic E-state index is 0.0688. The highest BCUT2D eigenvalue weighted by atomic mass is 79.9. The van der Waals surface area contributed by atoms with Crippen molar-refractivity contribution in [2.24, 2.45) is 0 Å². The number of hydrogen-bond donors (Lipinski definition) is 1. The van der Waals surface area contributed by atoms with Crippen LogP contribution in [0, 0.1) is 0 Å². The van der Waals surface area contributed by atoms with Crippen LogP contribution in [0.5, 0.6) is 0 Å². The van der Waals surface area contributed by atoms with Gasteiger partial charge in [-0.2, -0.15) is 23.1 Å². The molecule has 1 aromatic carbocycles. The molecule has 0 saturated carbocycles. The molecule has 2 amide bonds. The summed E-state index contributed by atoms with van der Waals surface area (Å²) in [5, 5.41) is 6.92. The summed E-state index contributed by atoms with van der Waals surface area (Å²) in [6, 6.07) is 8.69. The molecule has 0 unspecified atom stereocenters. The number of carbonyl (C=O) groups is 2. The van der Waals surface area contributed by atoms with E-state index >= 15 is 0 Å². The van der Waals surface area contributed by atoms with Crippen LogP contribution < -0.4 is 5.32 Å². The topological polar surface area (TPSA) is 49.4 Å². The molecule has 1 N–H and O–H groups in total. The van der Waals surface area contributed by atoms with Gasteiger partial charge >= 0.3 is 0 Å². The first kappa shape index (κ1) is 20.0. The number of nitrogens with one attached hydrogen (secondary N) is 1. The van der Waals surface area contributed by atoms with Crippen LogP contribution in [0.2, 0.25) is 0 Å². The molecule has 134 valence electrons. The molecule has 0 fully saturated rings. The molecular weight excluding hydrogens is 420 g/mol. The van der Waals surface area contributed by atoms with Gasteiger partial charge in [-0.3, -0.25) is 9.59 Å². The summed E-state index contributed by atoms with van der Waals surface area (Å²) in [5.74, 6) is 0.496. The Morgan fingerprint density at radius 3 is 2.72 bits per heavy atom. The Balaban J connectivity index is 2.07. The van der Waals surface area contributed by atoms with E-state index in [1.807, 2.05) is 35.2 Å². The Morgan fingerprint density at radius 1 is 1.32 bits per heavy atom. The van der Waals surface area contributed by atoms with E-state index in [4.69, 9.17) is 0 Å². The Bertz CT molecular complexity index is 707. The SMILES string of the molecule is CSCC[C@H](NC(=O)c1ccccc1Br)C(=O)N(C)Cc1ccsc1. The van der Waals surface area contributed by atoms with Crippen molar-refractivity contribution in [3.05, 3.63) is 56.7 Å². The van der Waals surface area contributed by atoms with Gasteiger partial charge in [0.1, 0.15) is 6.04 Å². The van der Waals surface area contributed by atoms with Crippen LogP contribution in [-0.2, 0) is 11.3 Å². The lowest BCUT2D eigenvalue weighted by Gasteiger charge is -2.24. The lowest BCUT2D eigenvalue weighted by Crippen LogP contribution is -2.47. The largest absolute Gasteiger partial charge is 0.340 e. The molecule has 4 nitrogen and oxygen atoms in total. The Morgan fingerprint density at radius 2 is 2.08 bits per heavy atom. The zero-order valence-corrected chi connectivity index (χ0v) is 17.4. The number of carbonyl (C=O) groups excluding carboxylic acids is 2. The van der Waals surface area contributed by atoms with Crippen molar-refractivity contribution in [1.82, 2.24) is 10.2 Å². The summed E-state index contributed by atoms with van der Waals surface area (Å²) in [6.45, 7) is 0.545. The molecule has 0 saturated heterocycles. The molecule has 0 aliphatic rings. The van der Waals surface area contributed by atoms with Crippen molar-refractivity contribution in [3.8, 4) is 0 Å². The van der Waals surface area contributed by atoms with Gasteiger partial charge in [-0.15, -0.1) is 0 Å². The van der Waals surface area contributed by atoms with Gasteiger partial charge in [-0.05, 0) is 68.9 Å². The number of benzene rings is 1. The molecule has 2 aromatic rings. The number of nitrogens with zero attached hydrogens (tertiary/aromatic N) is 1. The van der Waals surface area contributed by atoms with Crippen LogP contribution in [-0.4, -0.2) is 41.8 Å². The van der Waals surface area contributed by atoms with Gasteiger partial charge in [0.25, 0.3) is 5.91 Å². The Labute approximate surface area is 165 Å². The van der Waals surface area contributed by atoms with E-state index < -0.39 is 6.04 Å². The van der Waals surface area contributed by atoms with Crippen molar-refractivity contribution < 1.29 is 9.59 Å². The Hall–Kier alpha value is -1.31. The molecule has 1 aromatic heterocycles. The van der Waals surface area contributed by atoms with E-state index in [0.29, 0.717) is 18.5 Å². The molecule has 1 atom stereocenters. The van der Waals surface area contributed by atoms with E-state index in [-0.39, 0.29) is 11.8 Å². The number of hydrogen-bond acceptors (Lipinski definition) is 4. The lowest BCUT2D eigenvalue weighted by atomic mass is 10.1. The van der Waals surface area contributed by atoms with Crippen LogP contribution in [0.4, 0.5) is 0 Å². The molecule has 2 rings (SSSR count). The second-order valence-corrected chi connectivity index (χ2v) is 8.23. The van der Waals surface area contributed by atoms with E-state index in [0.717, 1.165) is 15.8 Å². The predicted molar refractivity (Wildman–Crippen MR) is 109 cm³/mol. The number of rotatable bonds is 8. The fourth-order valence-corrected chi connectivity index (χ4v) is 3.97. The first-order valence-electron chi connectivity index (χ1n) is 7.83. The molecule has 25 heavy (non-hydrogen) atoms. The second kappa shape index (κ2) is 9.99. The van der Waals surface area contributed by atoms with Crippen molar-refractivity contribution in [3.63, 3.8) is 0 Å². The van der Waals surface area contributed by atoms with Crippen LogP contribution in [0.15, 0.2) is 45.6 Å². The van der Waals surface area contributed by atoms with Crippen molar-refractivity contribution in [2.75, 3.05) is 19.1 Å². The van der Waals surface area contributed by atoms with Crippen molar-refractivity contribution in [1.29, 1.82) is 0 Å². The monoisotopic (exact) mass is 440 g/mol. The summed E-state index contributed by atoms with van der Waals surface area (Å²) < 4.78 is 0.718. The van der Waals surface area contributed by atoms with E-state index in [1.54, 1.807) is 47.2 Å². The molecular formula is C18H21BrN2O2S2. The summed E-state index contributed by atoms with van der Waals surface area (Å²) in [6.07, 6.45) is 2.59. The number of halogens is 1. The number of likely N-dealkylation sites (N-methyl/N-ethyl adjacent to an activating group) is 1. The summed E-state index contributed by atoms with van der Waals surface area (Å²) >= 11 is 6.66. The zero-order valence-electron chi connectivity index (χ0n) is 14.2. The average molecular weight is 441 g/mol. The highest BCUT2D eigenvalue weighted by molar-refractivity contribution is 9.10. The van der Waals surface area contributed by atoms with Gasteiger partial charge in [0, 0.05) is 18.1 Å². The fraction of sp³-hybridized carbons (Fsp3) is 0.333. The zero-order chi connectivity index (χ0) is 18.2. The van der Waals surface area contributed by atoms with E-state index in [1.165, 1.54) is 0 Å². The lowest BCUT2D eigenvalue weighted by molar-refractivity contribution is -0.132. The Kier molecular flexibility index (Phi) is 7.99. The minimum Gasteiger partial charge on any atom is -0.340 e. The molecule has 0 aliphatic heterocycles. The van der Waals surface area contributed by atoms with E-state index in [9.17, 15) is 9.59 Å². The normalized spacial score (nSPS) is 11.8. The highest BCUT2D eigenvalue weighted by Crippen LogP contribution is 2.17. The van der Waals surface area contributed by atoms with Crippen LogP contribution in [0.1, 0.15) is 22.3 Å². The molecule has 0 radical (unpaired) electrons. The third kappa shape index (κ3) is 5.87. The third-order valence-electron chi connectivity index (χ3n) is 3.71. The summed E-state index contributed by atoms with van der Waals surface area (Å²) in [7, 11) is 1.77. The first-order chi connectivity index (χ1) is 12.0. The van der Waals surface area contributed by atoms with Gasteiger partial charge in [0.15, 0.2) is 0 Å². The van der Waals surface area contributed by atoms with Gasteiger partial charge < -0.3 is 10.2 Å². The predicted octanol–water partition coefficient (Wildman–Crippen LogP) is 4.02. The summed E-state index contributed by atoms with van der Waals surface area (Å²) in [4.78, 5) is 27.1.